The molecule has 7 heteroatoms. The number of carbonyl (C=O) groups excluding carboxylic acids is 2. The van der Waals surface area contributed by atoms with E-state index in [-0.39, 0.29) is 17.7 Å². The third kappa shape index (κ3) is 3.66. The number of carbonyl (C=O) groups is 2. The topological polar surface area (TPSA) is 75.2 Å². The smallest absolute Gasteiger partial charge is 0.257 e. The van der Waals surface area contributed by atoms with Gasteiger partial charge in [-0.05, 0) is 37.6 Å². The van der Waals surface area contributed by atoms with Crippen LogP contribution in [0.1, 0.15) is 38.8 Å². The number of rotatable bonds is 4. The van der Waals surface area contributed by atoms with E-state index >= 15 is 0 Å². The fourth-order valence-electron chi connectivity index (χ4n) is 3.29. The van der Waals surface area contributed by atoms with Gasteiger partial charge in [0.25, 0.3) is 5.91 Å². The zero-order valence-electron chi connectivity index (χ0n) is 15.7. The lowest BCUT2D eigenvalue weighted by molar-refractivity contribution is -0.117. The van der Waals surface area contributed by atoms with Gasteiger partial charge in [0.05, 0.1) is 0 Å². The molecule has 1 aromatic heterocycles. The minimum Gasteiger partial charge on any atom is -0.312 e. The molecule has 2 amide bonds. The lowest BCUT2D eigenvalue weighted by atomic mass is 10.1. The number of amides is 2. The molecule has 28 heavy (non-hydrogen) atoms. The van der Waals surface area contributed by atoms with E-state index in [1.54, 1.807) is 11.0 Å². The molecule has 3 aromatic rings. The monoisotopic (exact) mass is 392 g/mol. The van der Waals surface area contributed by atoms with Gasteiger partial charge >= 0.3 is 0 Å². The minimum atomic E-state index is -0.204. The Hall–Kier alpha value is -3.06. The number of nitrogens with zero attached hydrogens (tertiary/aromatic N) is 3. The molecule has 2 heterocycles. The molecule has 1 unspecified atom stereocenters. The standard InChI is InChI=1S/C21H20N4O2S/c1-13-7-9-16(10-8-13)25-12-15(11-18(25)26)20-23-24-21(28-20)22-19(27)17-6-4-3-5-14(17)2/h3-10,15H,11-12H2,1-2H3,(H,22,24,27). The van der Waals surface area contributed by atoms with Crippen molar-refractivity contribution in [3.8, 4) is 0 Å². The molecule has 1 fully saturated rings. The number of aryl methyl sites for hydroxylation is 2. The van der Waals surface area contributed by atoms with Crippen molar-refractivity contribution < 1.29 is 9.59 Å². The average molecular weight is 392 g/mol. The predicted molar refractivity (Wildman–Crippen MR) is 110 cm³/mol. The quantitative estimate of drug-likeness (QED) is 0.730. The van der Waals surface area contributed by atoms with E-state index < -0.39 is 0 Å². The van der Waals surface area contributed by atoms with Gasteiger partial charge < -0.3 is 4.90 Å². The van der Waals surface area contributed by atoms with Crippen LogP contribution in [0.2, 0.25) is 0 Å². The van der Waals surface area contributed by atoms with Crippen LogP contribution in [0.5, 0.6) is 0 Å². The van der Waals surface area contributed by atoms with Crippen molar-refractivity contribution in [2.45, 2.75) is 26.2 Å². The van der Waals surface area contributed by atoms with Crippen LogP contribution >= 0.6 is 11.3 Å². The van der Waals surface area contributed by atoms with Crippen molar-refractivity contribution in [3.05, 3.63) is 70.2 Å². The van der Waals surface area contributed by atoms with E-state index in [0.29, 0.717) is 23.7 Å². The largest absolute Gasteiger partial charge is 0.312 e. The third-order valence-electron chi connectivity index (χ3n) is 4.87. The molecular weight excluding hydrogens is 372 g/mol. The zero-order chi connectivity index (χ0) is 19.7. The highest BCUT2D eigenvalue weighted by Crippen LogP contribution is 2.34. The average Bonchev–Trinajstić information content (AvgIpc) is 3.29. The Kier molecular flexibility index (Phi) is 4.92. The number of anilines is 2. The van der Waals surface area contributed by atoms with Gasteiger partial charge in [-0.2, -0.15) is 0 Å². The van der Waals surface area contributed by atoms with E-state index in [4.69, 9.17) is 0 Å². The van der Waals surface area contributed by atoms with Crippen LogP contribution in [-0.2, 0) is 4.79 Å². The molecule has 1 N–H and O–H groups in total. The Morgan fingerprint density at radius 3 is 2.61 bits per heavy atom. The summed E-state index contributed by atoms with van der Waals surface area (Å²) in [6, 6.07) is 15.3. The Labute approximate surface area is 167 Å². The summed E-state index contributed by atoms with van der Waals surface area (Å²) in [6.45, 7) is 4.49. The molecule has 1 aliphatic heterocycles. The molecule has 1 aliphatic rings. The van der Waals surface area contributed by atoms with E-state index in [0.717, 1.165) is 21.8 Å². The van der Waals surface area contributed by atoms with Crippen molar-refractivity contribution in [3.63, 3.8) is 0 Å². The van der Waals surface area contributed by atoms with Crippen molar-refractivity contribution >= 4 is 34.0 Å². The highest BCUT2D eigenvalue weighted by molar-refractivity contribution is 7.15. The molecule has 4 rings (SSSR count). The normalized spacial score (nSPS) is 16.4. The molecule has 0 saturated carbocycles. The predicted octanol–water partition coefficient (Wildman–Crippen LogP) is 3.93. The first-order valence-corrected chi connectivity index (χ1v) is 9.90. The Morgan fingerprint density at radius 1 is 1.11 bits per heavy atom. The molecule has 0 bridgehead atoms. The van der Waals surface area contributed by atoms with Gasteiger partial charge in [0.2, 0.25) is 11.0 Å². The molecular formula is C21H20N4O2S. The molecule has 6 nitrogen and oxygen atoms in total. The van der Waals surface area contributed by atoms with Crippen LogP contribution in [0.3, 0.4) is 0 Å². The molecule has 1 saturated heterocycles. The summed E-state index contributed by atoms with van der Waals surface area (Å²) in [6.07, 6.45) is 0.397. The van der Waals surface area contributed by atoms with Crippen LogP contribution in [0.4, 0.5) is 10.8 Å². The maximum absolute atomic E-state index is 12.5. The zero-order valence-corrected chi connectivity index (χ0v) is 16.5. The highest BCUT2D eigenvalue weighted by atomic mass is 32.1. The SMILES string of the molecule is Cc1ccc(N2CC(c3nnc(NC(=O)c4ccccc4C)s3)CC2=O)cc1. The second kappa shape index (κ2) is 7.52. The van der Waals surface area contributed by atoms with Crippen molar-refractivity contribution in [2.24, 2.45) is 0 Å². The first-order chi connectivity index (χ1) is 13.5. The number of nitrogens with one attached hydrogen (secondary N) is 1. The van der Waals surface area contributed by atoms with E-state index in [1.165, 1.54) is 11.3 Å². The van der Waals surface area contributed by atoms with Crippen LogP contribution in [0, 0.1) is 13.8 Å². The second-order valence-electron chi connectivity index (χ2n) is 6.96. The molecule has 0 aliphatic carbocycles. The van der Waals surface area contributed by atoms with Gasteiger partial charge in [-0.15, -0.1) is 10.2 Å². The highest BCUT2D eigenvalue weighted by Gasteiger charge is 2.34. The fraction of sp³-hybridized carbons (Fsp3) is 0.238. The minimum absolute atomic E-state index is 0.0181. The molecule has 0 radical (unpaired) electrons. The van der Waals surface area contributed by atoms with E-state index in [1.807, 2.05) is 56.3 Å². The Morgan fingerprint density at radius 2 is 1.86 bits per heavy atom. The summed E-state index contributed by atoms with van der Waals surface area (Å²) in [5.41, 5.74) is 3.57. The first kappa shape index (κ1) is 18.3. The molecule has 2 aromatic carbocycles. The van der Waals surface area contributed by atoms with E-state index in [9.17, 15) is 9.59 Å². The maximum Gasteiger partial charge on any atom is 0.257 e. The van der Waals surface area contributed by atoms with Crippen LogP contribution in [0.25, 0.3) is 0 Å². The van der Waals surface area contributed by atoms with Crippen LogP contribution in [0.15, 0.2) is 48.5 Å². The third-order valence-corrected chi connectivity index (χ3v) is 5.87. The lowest BCUT2D eigenvalue weighted by Gasteiger charge is -2.16. The molecule has 142 valence electrons. The van der Waals surface area contributed by atoms with Gasteiger partial charge in [-0.1, -0.05) is 47.2 Å². The lowest BCUT2D eigenvalue weighted by Crippen LogP contribution is -2.24. The number of hydrogen-bond donors (Lipinski definition) is 1. The van der Waals surface area contributed by atoms with Crippen LogP contribution in [-0.4, -0.2) is 28.6 Å². The van der Waals surface area contributed by atoms with Crippen molar-refractivity contribution in [2.75, 3.05) is 16.8 Å². The van der Waals surface area contributed by atoms with Gasteiger partial charge in [-0.3, -0.25) is 14.9 Å². The Balaban J connectivity index is 1.46. The van der Waals surface area contributed by atoms with Crippen molar-refractivity contribution in [1.29, 1.82) is 0 Å². The van der Waals surface area contributed by atoms with Crippen LogP contribution < -0.4 is 10.2 Å². The molecule has 0 spiro atoms. The Bertz CT molecular complexity index is 1030. The summed E-state index contributed by atoms with van der Waals surface area (Å²) in [5, 5.41) is 12.3. The summed E-state index contributed by atoms with van der Waals surface area (Å²) >= 11 is 1.33. The maximum atomic E-state index is 12.5. The van der Waals surface area contributed by atoms with E-state index in [2.05, 4.69) is 15.5 Å². The van der Waals surface area contributed by atoms with Crippen molar-refractivity contribution in [1.82, 2.24) is 10.2 Å². The first-order valence-electron chi connectivity index (χ1n) is 9.08. The number of benzene rings is 2. The summed E-state index contributed by atoms with van der Waals surface area (Å²) in [5.74, 6) is -0.144. The van der Waals surface area contributed by atoms with Gasteiger partial charge in [0, 0.05) is 30.1 Å². The van der Waals surface area contributed by atoms with Gasteiger partial charge in [-0.25, -0.2) is 0 Å². The fourth-order valence-corrected chi connectivity index (χ4v) is 4.12. The second-order valence-corrected chi connectivity index (χ2v) is 7.96. The van der Waals surface area contributed by atoms with Gasteiger partial charge in [0.15, 0.2) is 0 Å². The summed E-state index contributed by atoms with van der Waals surface area (Å²) in [4.78, 5) is 26.7. The summed E-state index contributed by atoms with van der Waals surface area (Å²) < 4.78 is 0. The number of hydrogen-bond acceptors (Lipinski definition) is 5. The summed E-state index contributed by atoms with van der Waals surface area (Å²) in [7, 11) is 0. The number of aromatic nitrogens is 2. The molecule has 1 atom stereocenters. The van der Waals surface area contributed by atoms with Gasteiger partial charge in [0.1, 0.15) is 5.01 Å².